The standard InChI is InChI=1S/C6H14Br2Si2/c1-2-3-4-10(8)5-9(7)6-10/h9H,2-6H2,1H3. The Morgan fingerprint density at radius 3 is 2.50 bits per heavy atom. The molecule has 0 radical (unpaired) electrons. The average molecular weight is 302 g/mol. The van der Waals surface area contributed by atoms with Gasteiger partial charge in [0.05, 0.1) is 0 Å². The van der Waals surface area contributed by atoms with Crippen LogP contribution in [0.5, 0.6) is 0 Å². The van der Waals surface area contributed by atoms with Gasteiger partial charge in [-0.05, 0) is 17.4 Å². The molecule has 1 aliphatic rings. The Morgan fingerprint density at radius 2 is 2.10 bits per heavy atom. The minimum Gasteiger partial charge on any atom is -0.131 e. The molecule has 60 valence electrons. The maximum absolute atomic E-state index is 3.95. The molecule has 0 nitrogen and oxygen atoms in total. The molecule has 0 spiro atoms. The van der Waals surface area contributed by atoms with E-state index in [0.29, 0.717) is 0 Å². The lowest BCUT2D eigenvalue weighted by molar-refractivity contribution is 0.870. The number of unbranched alkanes of at least 4 members (excludes halogenated alkanes) is 1. The van der Waals surface area contributed by atoms with E-state index < -0.39 is 6.69 Å². The first-order chi connectivity index (χ1) is 4.66. The minimum atomic E-state index is -0.753. The first-order valence-corrected chi connectivity index (χ1v) is 13.7. The van der Waals surface area contributed by atoms with Crippen molar-refractivity contribution in [3.05, 3.63) is 0 Å². The van der Waals surface area contributed by atoms with Crippen LogP contribution in [-0.4, -0.2) is 14.1 Å². The van der Waals surface area contributed by atoms with Gasteiger partial charge in [0.25, 0.3) is 0 Å². The molecule has 0 aliphatic carbocycles. The van der Waals surface area contributed by atoms with Crippen LogP contribution in [0, 0.1) is 0 Å². The fraction of sp³-hybridized carbons (Fsp3) is 1.00. The Balaban J connectivity index is 2.15. The van der Waals surface area contributed by atoms with Crippen LogP contribution in [0.3, 0.4) is 0 Å². The van der Waals surface area contributed by atoms with E-state index >= 15 is 0 Å². The molecule has 0 aromatic rings. The van der Waals surface area contributed by atoms with Crippen molar-refractivity contribution in [2.75, 3.05) is 0 Å². The van der Waals surface area contributed by atoms with Crippen molar-refractivity contribution in [3.63, 3.8) is 0 Å². The molecule has 1 aliphatic heterocycles. The van der Waals surface area contributed by atoms with Crippen molar-refractivity contribution in [1.82, 2.24) is 0 Å². The van der Waals surface area contributed by atoms with Crippen molar-refractivity contribution in [2.24, 2.45) is 0 Å². The number of hydrogen-bond donors (Lipinski definition) is 0. The monoisotopic (exact) mass is 300 g/mol. The van der Waals surface area contributed by atoms with Crippen LogP contribution >= 0.6 is 30.6 Å². The van der Waals surface area contributed by atoms with Crippen molar-refractivity contribution in [2.45, 2.75) is 37.1 Å². The lowest BCUT2D eigenvalue weighted by Crippen LogP contribution is -2.45. The van der Waals surface area contributed by atoms with E-state index in [-0.39, 0.29) is 7.42 Å². The molecule has 1 fully saturated rings. The summed E-state index contributed by atoms with van der Waals surface area (Å²) in [5.74, 6) is 0. The summed E-state index contributed by atoms with van der Waals surface area (Å²) >= 11 is 7.72. The lowest BCUT2D eigenvalue weighted by Gasteiger charge is -2.37. The zero-order valence-electron chi connectivity index (χ0n) is 6.37. The highest BCUT2D eigenvalue weighted by Crippen LogP contribution is 2.43. The lowest BCUT2D eigenvalue weighted by atomic mass is 10.4. The van der Waals surface area contributed by atoms with Gasteiger partial charge >= 0.3 is 0 Å². The molecule has 10 heavy (non-hydrogen) atoms. The van der Waals surface area contributed by atoms with Crippen LogP contribution in [0.4, 0.5) is 0 Å². The first-order valence-electron chi connectivity index (χ1n) is 3.99. The highest BCUT2D eigenvalue weighted by molar-refractivity contribution is 9.28. The molecule has 1 saturated heterocycles. The second-order valence-corrected chi connectivity index (χ2v) is 19.5. The molecule has 0 N–H and O–H groups in total. The van der Waals surface area contributed by atoms with Crippen LogP contribution in [0.2, 0.25) is 17.4 Å². The third-order valence-corrected chi connectivity index (χ3v) is 25.6. The maximum Gasteiger partial charge on any atom is 0.126 e. The van der Waals surface area contributed by atoms with Gasteiger partial charge in [-0.3, -0.25) is 0 Å². The molecule has 0 saturated carbocycles. The number of rotatable bonds is 3. The Hall–Kier alpha value is 1.39. The van der Waals surface area contributed by atoms with E-state index in [1.807, 2.05) is 0 Å². The number of hydrogen-bond acceptors (Lipinski definition) is 0. The van der Waals surface area contributed by atoms with E-state index in [0.717, 1.165) is 0 Å². The van der Waals surface area contributed by atoms with Crippen LogP contribution in [0.15, 0.2) is 0 Å². The van der Waals surface area contributed by atoms with Crippen LogP contribution in [-0.2, 0) is 0 Å². The summed E-state index contributed by atoms with van der Waals surface area (Å²) in [5, 5.41) is 0. The van der Waals surface area contributed by atoms with E-state index in [9.17, 15) is 0 Å². The van der Waals surface area contributed by atoms with Gasteiger partial charge in [-0.25, -0.2) is 0 Å². The van der Waals surface area contributed by atoms with Crippen LogP contribution in [0.1, 0.15) is 19.8 Å². The van der Waals surface area contributed by atoms with Crippen LogP contribution in [0.25, 0.3) is 0 Å². The second kappa shape index (κ2) is 3.87. The fourth-order valence-corrected chi connectivity index (χ4v) is 36.8. The quantitative estimate of drug-likeness (QED) is 0.554. The maximum atomic E-state index is 3.95. The van der Waals surface area contributed by atoms with Gasteiger partial charge in [0, 0.05) is 0 Å². The highest BCUT2D eigenvalue weighted by atomic mass is 79.9. The van der Waals surface area contributed by atoms with Crippen molar-refractivity contribution < 1.29 is 0 Å². The van der Waals surface area contributed by atoms with Crippen molar-refractivity contribution in [1.29, 1.82) is 0 Å². The molecule has 1 rings (SSSR count). The van der Waals surface area contributed by atoms with Gasteiger partial charge in [0.2, 0.25) is 0 Å². The first kappa shape index (κ1) is 9.48. The zero-order chi connectivity index (χ0) is 7.61. The van der Waals surface area contributed by atoms with Gasteiger partial charge in [-0.1, -0.05) is 19.8 Å². The summed E-state index contributed by atoms with van der Waals surface area (Å²) in [6, 6.07) is 1.53. The second-order valence-electron chi connectivity index (χ2n) is 3.26. The third-order valence-electron chi connectivity index (χ3n) is 2.15. The molecule has 0 unspecified atom stereocenters. The fourth-order valence-electron chi connectivity index (χ4n) is 1.43. The van der Waals surface area contributed by atoms with E-state index in [4.69, 9.17) is 0 Å². The summed E-state index contributed by atoms with van der Waals surface area (Å²) in [6.07, 6.45) is 2.82. The summed E-state index contributed by atoms with van der Waals surface area (Å²) in [5.41, 5.74) is 3.18. The molecular formula is C6H14Br2Si2. The van der Waals surface area contributed by atoms with Crippen LogP contribution < -0.4 is 0 Å². The zero-order valence-corrected chi connectivity index (χ0v) is 11.7. The summed E-state index contributed by atoms with van der Waals surface area (Å²) < 4.78 is 0. The average Bonchev–Trinajstić information content (AvgIpc) is 1.81. The molecule has 0 bridgehead atoms. The van der Waals surface area contributed by atoms with E-state index in [1.54, 1.807) is 11.3 Å². The third kappa shape index (κ3) is 2.46. The SMILES string of the molecule is CCCC[Si]1(Br)C[SiH](Br)C1. The van der Waals surface area contributed by atoms with Crippen molar-refractivity contribution in [3.8, 4) is 0 Å². The minimum absolute atomic E-state index is 0.309. The summed E-state index contributed by atoms with van der Waals surface area (Å²) in [6.45, 7) is 1.53. The van der Waals surface area contributed by atoms with Gasteiger partial charge in [-0.2, -0.15) is 0 Å². The Kier molecular flexibility index (Phi) is 3.67. The Morgan fingerprint density at radius 1 is 1.50 bits per heavy atom. The molecule has 0 aromatic heterocycles. The van der Waals surface area contributed by atoms with Gasteiger partial charge in [0.1, 0.15) is 14.1 Å². The Bertz CT molecular complexity index is 112. The van der Waals surface area contributed by atoms with Gasteiger partial charge < -0.3 is 0 Å². The molecule has 0 aromatic carbocycles. The molecule has 1 heterocycles. The predicted molar refractivity (Wildman–Crippen MR) is 60.1 cm³/mol. The predicted octanol–water partition coefficient (Wildman–Crippen LogP) is 3.34. The van der Waals surface area contributed by atoms with E-state index in [2.05, 4.69) is 37.5 Å². The molecule has 0 atom stereocenters. The highest BCUT2D eigenvalue weighted by Gasteiger charge is 2.43. The Labute approximate surface area is 81.6 Å². The molecule has 4 heteroatoms. The van der Waals surface area contributed by atoms with Gasteiger partial charge in [0.15, 0.2) is 0 Å². The summed E-state index contributed by atoms with van der Waals surface area (Å²) in [4.78, 5) is 0. The van der Waals surface area contributed by atoms with E-state index in [1.165, 1.54) is 18.9 Å². The summed E-state index contributed by atoms with van der Waals surface area (Å²) in [7, 11) is -0.309. The molecule has 0 amide bonds. The largest absolute Gasteiger partial charge is 0.131 e. The van der Waals surface area contributed by atoms with Crippen molar-refractivity contribution >= 4 is 44.7 Å². The number of halogens is 2. The smallest absolute Gasteiger partial charge is 0.126 e. The van der Waals surface area contributed by atoms with Gasteiger partial charge in [-0.15, -0.1) is 30.6 Å². The molecular weight excluding hydrogens is 288 g/mol. The topological polar surface area (TPSA) is 0 Å². The normalized spacial score (nSPS) is 39.3.